The highest BCUT2D eigenvalue weighted by Crippen LogP contribution is 2.21. The first-order chi connectivity index (χ1) is 10.3. The van der Waals surface area contributed by atoms with Crippen molar-refractivity contribution in [3.8, 4) is 0 Å². The fourth-order valence-corrected chi connectivity index (χ4v) is 2.01. The zero-order chi connectivity index (χ0) is 16.3. The van der Waals surface area contributed by atoms with Crippen LogP contribution in [0.15, 0.2) is 36.7 Å². The molecule has 2 N–H and O–H groups in total. The number of aromatic nitrogens is 2. The minimum absolute atomic E-state index is 0.0747. The number of nitrogens with one attached hydrogen (secondary N) is 1. The summed E-state index contributed by atoms with van der Waals surface area (Å²) in [6.45, 7) is 5.76. The summed E-state index contributed by atoms with van der Waals surface area (Å²) in [6, 6.07) is 7.85. The smallest absolute Gasteiger partial charge is 0.356 e. The number of carboxylic acid groups (broad SMARTS) is 1. The van der Waals surface area contributed by atoms with Gasteiger partial charge in [-0.15, -0.1) is 0 Å². The number of aromatic carboxylic acids is 1. The van der Waals surface area contributed by atoms with E-state index >= 15 is 0 Å². The average Bonchev–Trinajstić information content (AvgIpc) is 2.47. The monoisotopic (exact) mass is 299 g/mol. The molecule has 1 amide bonds. The van der Waals surface area contributed by atoms with Crippen molar-refractivity contribution in [2.45, 2.75) is 26.3 Å². The summed E-state index contributed by atoms with van der Waals surface area (Å²) in [7, 11) is 0. The standard InChI is InChI=1S/C16H17N3O3/c1-10-5-4-6-11(7-10)16(2,3)19-14(20)12-8-18-13(9-17-12)15(21)22/h4-9H,1-3H3,(H,19,20)(H,21,22). The Bertz CT molecular complexity index is 709. The molecule has 6 nitrogen and oxygen atoms in total. The number of nitrogens with zero attached hydrogens (tertiary/aromatic N) is 2. The Morgan fingerprint density at radius 3 is 2.32 bits per heavy atom. The van der Waals surface area contributed by atoms with Crippen LogP contribution in [0.1, 0.15) is 46.0 Å². The minimum atomic E-state index is -1.18. The Hall–Kier alpha value is -2.76. The third-order valence-electron chi connectivity index (χ3n) is 3.27. The minimum Gasteiger partial charge on any atom is -0.476 e. The van der Waals surface area contributed by atoms with Crippen molar-refractivity contribution in [3.05, 3.63) is 59.2 Å². The number of amides is 1. The van der Waals surface area contributed by atoms with Crippen LogP contribution < -0.4 is 5.32 Å². The molecule has 0 unspecified atom stereocenters. The molecule has 0 aliphatic rings. The predicted octanol–water partition coefficient (Wildman–Crippen LogP) is 2.15. The topological polar surface area (TPSA) is 92.2 Å². The molecule has 22 heavy (non-hydrogen) atoms. The van der Waals surface area contributed by atoms with Crippen molar-refractivity contribution in [3.63, 3.8) is 0 Å². The number of carbonyl (C=O) groups excluding carboxylic acids is 1. The summed E-state index contributed by atoms with van der Waals surface area (Å²) in [5.41, 5.74) is 1.36. The van der Waals surface area contributed by atoms with E-state index in [1.807, 2.05) is 45.0 Å². The van der Waals surface area contributed by atoms with Crippen molar-refractivity contribution in [1.29, 1.82) is 0 Å². The zero-order valence-electron chi connectivity index (χ0n) is 12.6. The maximum absolute atomic E-state index is 12.2. The number of aryl methyl sites for hydroxylation is 1. The van der Waals surface area contributed by atoms with E-state index in [4.69, 9.17) is 5.11 Å². The summed E-state index contributed by atoms with van der Waals surface area (Å²) in [4.78, 5) is 30.5. The summed E-state index contributed by atoms with van der Waals surface area (Å²) in [6.07, 6.45) is 2.22. The van der Waals surface area contributed by atoms with Crippen molar-refractivity contribution in [1.82, 2.24) is 15.3 Å². The van der Waals surface area contributed by atoms with Crippen LogP contribution in [0.2, 0.25) is 0 Å². The molecule has 2 rings (SSSR count). The number of hydrogen-bond donors (Lipinski definition) is 2. The van der Waals surface area contributed by atoms with Crippen LogP contribution in [0.4, 0.5) is 0 Å². The van der Waals surface area contributed by atoms with Crippen LogP contribution in [-0.2, 0) is 5.54 Å². The molecule has 114 valence electrons. The van der Waals surface area contributed by atoms with Gasteiger partial charge in [0.05, 0.1) is 17.9 Å². The van der Waals surface area contributed by atoms with Crippen LogP contribution in [0.3, 0.4) is 0 Å². The SMILES string of the molecule is Cc1cccc(C(C)(C)NC(=O)c2cnc(C(=O)O)cn2)c1. The maximum atomic E-state index is 12.2. The van der Waals surface area contributed by atoms with E-state index in [0.29, 0.717) is 0 Å². The normalized spacial score (nSPS) is 11.0. The molecule has 6 heteroatoms. The summed E-state index contributed by atoms with van der Waals surface area (Å²) in [5.74, 6) is -1.59. The molecule has 0 spiro atoms. The van der Waals surface area contributed by atoms with Crippen LogP contribution in [0, 0.1) is 6.92 Å². The van der Waals surface area contributed by atoms with E-state index in [9.17, 15) is 9.59 Å². The van der Waals surface area contributed by atoms with Gasteiger partial charge in [-0.3, -0.25) is 4.79 Å². The molecule has 0 fully saturated rings. The average molecular weight is 299 g/mol. The molecule has 0 radical (unpaired) electrons. The molecule has 0 atom stereocenters. The van der Waals surface area contributed by atoms with Gasteiger partial charge in [-0.1, -0.05) is 29.8 Å². The largest absolute Gasteiger partial charge is 0.476 e. The molecule has 1 aromatic heterocycles. The molecule has 0 aliphatic carbocycles. The highest BCUT2D eigenvalue weighted by atomic mass is 16.4. The first-order valence-corrected chi connectivity index (χ1v) is 6.74. The predicted molar refractivity (Wildman–Crippen MR) is 80.7 cm³/mol. The van der Waals surface area contributed by atoms with Gasteiger partial charge in [0.25, 0.3) is 5.91 Å². The molecule has 2 aromatic rings. The first kappa shape index (κ1) is 15.6. The zero-order valence-corrected chi connectivity index (χ0v) is 12.6. The fraction of sp³-hybridized carbons (Fsp3) is 0.250. The third kappa shape index (κ3) is 3.46. The van der Waals surface area contributed by atoms with E-state index in [1.54, 1.807) is 0 Å². The number of carboxylic acids is 1. The lowest BCUT2D eigenvalue weighted by Gasteiger charge is -2.27. The lowest BCUT2D eigenvalue weighted by atomic mass is 9.93. The third-order valence-corrected chi connectivity index (χ3v) is 3.27. The van der Waals surface area contributed by atoms with Gasteiger partial charge in [-0.05, 0) is 26.3 Å². The van der Waals surface area contributed by atoms with E-state index in [1.165, 1.54) is 0 Å². The number of carbonyl (C=O) groups is 2. The van der Waals surface area contributed by atoms with Gasteiger partial charge in [0.15, 0.2) is 5.69 Å². The summed E-state index contributed by atoms with van der Waals surface area (Å²) >= 11 is 0. The molecule has 0 bridgehead atoms. The van der Waals surface area contributed by atoms with Crippen LogP contribution in [-0.4, -0.2) is 27.0 Å². The molecule has 0 aliphatic heterocycles. The second kappa shape index (κ2) is 5.93. The molecular weight excluding hydrogens is 282 g/mol. The lowest BCUT2D eigenvalue weighted by molar-refractivity contribution is 0.0688. The Kier molecular flexibility index (Phi) is 4.21. The lowest BCUT2D eigenvalue weighted by Crippen LogP contribution is -2.41. The maximum Gasteiger partial charge on any atom is 0.356 e. The number of hydrogen-bond acceptors (Lipinski definition) is 4. The Labute approximate surface area is 128 Å². The van der Waals surface area contributed by atoms with Gasteiger partial charge in [0.1, 0.15) is 5.69 Å². The Morgan fingerprint density at radius 1 is 1.14 bits per heavy atom. The van der Waals surface area contributed by atoms with Gasteiger partial charge < -0.3 is 10.4 Å². The van der Waals surface area contributed by atoms with E-state index in [0.717, 1.165) is 23.5 Å². The van der Waals surface area contributed by atoms with Gasteiger partial charge in [0, 0.05) is 0 Å². The van der Waals surface area contributed by atoms with Gasteiger partial charge in [0.2, 0.25) is 0 Å². The number of benzene rings is 1. The first-order valence-electron chi connectivity index (χ1n) is 6.74. The van der Waals surface area contributed by atoms with Crippen molar-refractivity contribution < 1.29 is 14.7 Å². The van der Waals surface area contributed by atoms with E-state index in [-0.39, 0.29) is 11.4 Å². The molecule has 0 saturated heterocycles. The number of rotatable bonds is 4. The van der Waals surface area contributed by atoms with Crippen molar-refractivity contribution in [2.24, 2.45) is 0 Å². The molecule has 1 heterocycles. The van der Waals surface area contributed by atoms with Gasteiger partial charge >= 0.3 is 5.97 Å². The quantitative estimate of drug-likeness (QED) is 0.902. The van der Waals surface area contributed by atoms with Crippen LogP contribution >= 0.6 is 0 Å². The van der Waals surface area contributed by atoms with Gasteiger partial charge in [-0.25, -0.2) is 14.8 Å². The van der Waals surface area contributed by atoms with Crippen LogP contribution in [0.25, 0.3) is 0 Å². The molecule has 0 saturated carbocycles. The Balaban J connectivity index is 2.18. The van der Waals surface area contributed by atoms with Crippen molar-refractivity contribution in [2.75, 3.05) is 0 Å². The Morgan fingerprint density at radius 2 is 1.77 bits per heavy atom. The van der Waals surface area contributed by atoms with E-state index < -0.39 is 17.4 Å². The van der Waals surface area contributed by atoms with E-state index in [2.05, 4.69) is 15.3 Å². The molecule has 1 aromatic carbocycles. The second-order valence-corrected chi connectivity index (χ2v) is 5.54. The van der Waals surface area contributed by atoms with Crippen LogP contribution in [0.5, 0.6) is 0 Å². The molecular formula is C16H17N3O3. The van der Waals surface area contributed by atoms with Gasteiger partial charge in [-0.2, -0.15) is 0 Å². The highest BCUT2D eigenvalue weighted by Gasteiger charge is 2.24. The second-order valence-electron chi connectivity index (χ2n) is 5.54. The van der Waals surface area contributed by atoms with Crippen molar-refractivity contribution >= 4 is 11.9 Å². The highest BCUT2D eigenvalue weighted by molar-refractivity contribution is 5.93. The fourth-order valence-electron chi connectivity index (χ4n) is 2.01. The summed E-state index contributed by atoms with van der Waals surface area (Å²) < 4.78 is 0. The summed E-state index contributed by atoms with van der Waals surface area (Å²) in [5, 5.41) is 11.6.